The Kier molecular flexibility index (Phi) is 4.70. The molecule has 1 aromatic rings. The molecule has 3 nitrogen and oxygen atoms in total. The molecule has 2 rings (SSSR count). The second-order valence-corrected chi connectivity index (χ2v) is 5.66. The summed E-state index contributed by atoms with van der Waals surface area (Å²) in [5, 5.41) is -0.459. The van der Waals surface area contributed by atoms with Crippen LogP contribution in [0.4, 0.5) is 0 Å². The van der Waals surface area contributed by atoms with Crippen LogP contribution in [0.25, 0.3) is 0 Å². The molecule has 0 aromatic carbocycles. The van der Waals surface area contributed by atoms with Gasteiger partial charge in [0.2, 0.25) is 5.91 Å². The van der Waals surface area contributed by atoms with E-state index in [0.717, 1.165) is 18.4 Å². The first kappa shape index (κ1) is 13.5. The van der Waals surface area contributed by atoms with Crippen molar-refractivity contribution >= 4 is 17.5 Å². The van der Waals surface area contributed by atoms with Crippen molar-refractivity contribution in [3.63, 3.8) is 0 Å². The number of furan rings is 1. The topological polar surface area (TPSA) is 33.5 Å². The van der Waals surface area contributed by atoms with E-state index in [9.17, 15) is 4.79 Å². The van der Waals surface area contributed by atoms with Gasteiger partial charge in [-0.05, 0) is 25.8 Å². The fraction of sp³-hybridized carbons (Fsp3) is 0.643. The van der Waals surface area contributed by atoms with Gasteiger partial charge in [-0.15, -0.1) is 11.6 Å². The summed E-state index contributed by atoms with van der Waals surface area (Å²) in [7, 11) is 0. The van der Waals surface area contributed by atoms with Gasteiger partial charge in [-0.3, -0.25) is 4.79 Å². The predicted octanol–water partition coefficient (Wildman–Crippen LogP) is 3.57. The molecule has 4 heteroatoms. The molecular weight excluding hydrogens is 250 g/mol. The third-order valence-corrected chi connectivity index (χ3v) is 3.76. The Balaban J connectivity index is 2.08. The lowest BCUT2D eigenvalue weighted by molar-refractivity contribution is -0.134. The quantitative estimate of drug-likeness (QED) is 0.783. The standard InChI is InChI=1S/C14H20ClNO2/c1-11(15)14(17)16(9-12-7-8-18-10-12)13-5-3-2-4-6-13/h7-8,10-11,13H,2-6,9H2,1H3. The lowest BCUT2D eigenvalue weighted by Crippen LogP contribution is -2.43. The smallest absolute Gasteiger partial charge is 0.240 e. The van der Waals surface area contributed by atoms with Crippen molar-refractivity contribution in [1.82, 2.24) is 4.90 Å². The summed E-state index contributed by atoms with van der Waals surface area (Å²) in [6.45, 7) is 2.35. The largest absolute Gasteiger partial charge is 0.472 e. The Hall–Kier alpha value is -0.960. The number of hydrogen-bond donors (Lipinski definition) is 0. The number of nitrogens with zero attached hydrogens (tertiary/aromatic N) is 1. The Morgan fingerprint density at radius 1 is 1.50 bits per heavy atom. The SMILES string of the molecule is CC(Cl)C(=O)N(Cc1ccoc1)C1CCCCC1. The van der Waals surface area contributed by atoms with Crippen molar-refractivity contribution in [3.05, 3.63) is 24.2 Å². The van der Waals surface area contributed by atoms with Crippen molar-refractivity contribution in [1.29, 1.82) is 0 Å². The van der Waals surface area contributed by atoms with Crippen LogP contribution in [0.2, 0.25) is 0 Å². The van der Waals surface area contributed by atoms with E-state index in [-0.39, 0.29) is 5.91 Å². The van der Waals surface area contributed by atoms with E-state index in [2.05, 4.69) is 0 Å². The van der Waals surface area contributed by atoms with Crippen LogP contribution in [0.1, 0.15) is 44.6 Å². The van der Waals surface area contributed by atoms with Gasteiger partial charge in [-0.1, -0.05) is 19.3 Å². The van der Waals surface area contributed by atoms with E-state index >= 15 is 0 Å². The summed E-state index contributed by atoms with van der Waals surface area (Å²) in [5.41, 5.74) is 1.03. The first-order chi connectivity index (χ1) is 8.68. The van der Waals surface area contributed by atoms with Crippen LogP contribution in [0.3, 0.4) is 0 Å². The third kappa shape index (κ3) is 3.29. The molecule has 1 unspecified atom stereocenters. The van der Waals surface area contributed by atoms with Gasteiger partial charge in [0, 0.05) is 18.2 Å². The van der Waals surface area contributed by atoms with Crippen LogP contribution in [-0.2, 0) is 11.3 Å². The molecule has 1 amide bonds. The maximum atomic E-state index is 12.2. The average molecular weight is 270 g/mol. The van der Waals surface area contributed by atoms with E-state index in [0.29, 0.717) is 12.6 Å². The molecule has 0 bridgehead atoms. The summed E-state index contributed by atoms with van der Waals surface area (Å²) in [4.78, 5) is 14.2. The minimum absolute atomic E-state index is 0.0322. The summed E-state index contributed by atoms with van der Waals surface area (Å²) in [6.07, 6.45) is 9.21. The van der Waals surface area contributed by atoms with Crippen molar-refractivity contribution in [2.45, 2.75) is 57.0 Å². The van der Waals surface area contributed by atoms with Gasteiger partial charge in [0.1, 0.15) is 5.38 Å². The van der Waals surface area contributed by atoms with Gasteiger partial charge in [0.05, 0.1) is 12.5 Å². The lowest BCUT2D eigenvalue weighted by Gasteiger charge is -2.35. The number of carbonyl (C=O) groups excluding carboxylic acids is 1. The fourth-order valence-corrected chi connectivity index (χ4v) is 2.71. The van der Waals surface area contributed by atoms with Crippen LogP contribution >= 0.6 is 11.6 Å². The molecule has 0 saturated heterocycles. The van der Waals surface area contributed by atoms with E-state index in [4.69, 9.17) is 16.0 Å². The van der Waals surface area contributed by atoms with Crippen LogP contribution in [0.15, 0.2) is 23.0 Å². The highest BCUT2D eigenvalue weighted by Crippen LogP contribution is 2.25. The molecule has 1 aliphatic rings. The number of hydrogen-bond acceptors (Lipinski definition) is 2. The maximum absolute atomic E-state index is 12.2. The van der Waals surface area contributed by atoms with Crippen molar-refractivity contribution in [2.75, 3.05) is 0 Å². The Labute approximate surface area is 113 Å². The number of rotatable bonds is 4. The van der Waals surface area contributed by atoms with Gasteiger partial charge >= 0.3 is 0 Å². The number of carbonyl (C=O) groups is 1. The second kappa shape index (κ2) is 6.28. The van der Waals surface area contributed by atoms with E-state index in [1.807, 2.05) is 11.0 Å². The van der Waals surface area contributed by atoms with Crippen LogP contribution in [0.5, 0.6) is 0 Å². The highest BCUT2D eigenvalue weighted by molar-refractivity contribution is 6.30. The molecular formula is C14H20ClNO2. The molecule has 1 heterocycles. The van der Waals surface area contributed by atoms with Gasteiger partial charge < -0.3 is 9.32 Å². The molecule has 1 atom stereocenters. The molecule has 18 heavy (non-hydrogen) atoms. The Bertz CT molecular complexity index is 369. The summed E-state index contributed by atoms with van der Waals surface area (Å²) >= 11 is 5.97. The van der Waals surface area contributed by atoms with Gasteiger partial charge in [0.15, 0.2) is 0 Å². The average Bonchev–Trinajstić information content (AvgIpc) is 2.89. The van der Waals surface area contributed by atoms with Gasteiger partial charge in [0.25, 0.3) is 0 Å². The molecule has 0 spiro atoms. The third-order valence-electron chi connectivity index (χ3n) is 3.57. The maximum Gasteiger partial charge on any atom is 0.240 e. The summed E-state index contributed by atoms with van der Waals surface area (Å²) in [6, 6.07) is 2.24. The minimum atomic E-state index is -0.459. The van der Waals surface area contributed by atoms with Crippen LogP contribution in [0, 0.1) is 0 Å². The number of alkyl halides is 1. The van der Waals surface area contributed by atoms with Gasteiger partial charge in [-0.25, -0.2) is 0 Å². The predicted molar refractivity (Wildman–Crippen MR) is 71.4 cm³/mol. The molecule has 0 aliphatic heterocycles. The Morgan fingerprint density at radius 3 is 2.78 bits per heavy atom. The first-order valence-corrected chi connectivity index (χ1v) is 7.07. The Morgan fingerprint density at radius 2 is 2.22 bits per heavy atom. The molecule has 1 aromatic heterocycles. The van der Waals surface area contributed by atoms with Crippen LogP contribution < -0.4 is 0 Å². The number of amides is 1. The number of halogens is 1. The highest BCUT2D eigenvalue weighted by Gasteiger charge is 2.27. The first-order valence-electron chi connectivity index (χ1n) is 6.64. The minimum Gasteiger partial charge on any atom is -0.472 e. The van der Waals surface area contributed by atoms with E-state index in [1.165, 1.54) is 19.3 Å². The van der Waals surface area contributed by atoms with Crippen molar-refractivity contribution < 1.29 is 9.21 Å². The molecule has 0 N–H and O–H groups in total. The fourth-order valence-electron chi connectivity index (χ4n) is 2.59. The zero-order valence-electron chi connectivity index (χ0n) is 10.8. The van der Waals surface area contributed by atoms with E-state index < -0.39 is 5.38 Å². The van der Waals surface area contributed by atoms with Crippen molar-refractivity contribution in [3.8, 4) is 0 Å². The molecule has 100 valence electrons. The molecule has 1 fully saturated rings. The molecule has 0 radical (unpaired) electrons. The second-order valence-electron chi connectivity index (χ2n) is 5.01. The van der Waals surface area contributed by atoms with Gasteiger partial charge in [-0.2, -0.15) is 0 Å². The normalized spacial score (nSPS) is 18.6. The molecule has 1 saturated carbocycles. The highest BCUT2D eigenvalue weighted by atomic mass is 35.5. The lowest BCUT2D eigenvalue weighted by atomic mass is 9.93. The van der Waals surface area contributed by atoms with Crippen LogP contribution in [-0.4, -0.2) is 22.2 Å². The molecule has 1 aliphatic carbocycles. The summed E-state index contributed by atoms with van der Waals surface area (Å²) in [5.74, 6) is 0.0322. The van der Waals surface area contributed by atoms with E-state index in [1.54, 1.807) is 19.5 Å². The monoisotopic (exact) mass is 269 g/mol. The van der Waals surface area contributed by atoms with Crippen molar-refractivity contribution in [2.24, 2.45) is 0 Å². The summed E-state index contributed by atoms with van der Waals surface area (Å²) < 4.78 is 5.07. The zero-order valence-corrected chi connectivity index (χ0v) is 11.5. The zero-order chi connectivity index (χ0) is 13.0.